The summed E-state index contributed by atoms with van der Waals surface area (Å²) in [4.78, 5) is 15.4. The molecule has 0 bridgehead atoms. The van der Waals surface area contributed by atoms with Crippen molar-refractivity contribution in [2.24, 2.45) is 13.0 Å². The molecule has 1 aliphatic carbocycles. The second-order valence-electron chi connectivity index (χ2n) is 3.00. The summed E-state index contributed by atoms with van der Waals surface area (Å²) in [5.41, 5.74) is 0. The van der Waals surface area contributed by atoms with Crippen LogP contribution in [0, 0.1) is 5.92 Å². The smallest absolute Gasteiger partial charge is 0.201 e. The van der Waals surface area contributed by atoms with Crippen molar-refractivity contribution >= 4 is 5.78 Å². The minimum absolute atomic E-state index is 0.206. The minimum Gasteiger partial charge on any atom is -0.332 e. The number of hydrogen-bond acceptors (Lipinski definition) is 2. The lowest BCUT2D eigenvalue weighted by molar-refractivity contribution is 0.0954. The summed E-state index contributed by atoms with van der Waals surface area (Å²) >= 11 is 0. The fraction of sp³-hybridized carbons (Fsp3) is 0.500. The van der Waals surface area contributed by atoms with Gasteiger partial charge >= 0.3 is 0 Å². The topological polar surface area (TPSA) is 34.9 Å². The molecular formula is C8H10N2O. The lowest BCUT2D eigenvalue weighted by Crippen LogP contribution is -2.08. The van der Waals surface area contributed by atoms with Crippen molar-refractivity contribution in [1.29, 1.82) is 0 Å². The van der Waals surface area contributed by atoms with E-state index in [2.05, 4.69) is 4.98 Å². The van der Waals surface area contributed by atoms with Gasteiger partial charge in [-0.1, -0.05) is 0 Å². The second kappa shape index (κ2) is 2.19. The van der Waals surface area contributed by atoms with Crippen molar-refractivity contribution in [1.82, 2.24) is 9.55 Å². The molecule has 0 amide bonds. The van der Waals surface area contributed by atoms with Gasteiger partial charge in [-0.2, -0.15) is 0 Å². The Morgan fingerprint density at radius 1 is 1.73 bits per heavy atom. The highest BCUT2D eigenvalue weighted by molar-refractivity contribution is 5.96. The van der Waals surface area contributed by atoms with Gasteiger partial charge in [0.2, 0.25) is 5.78 Å². The molecule has 0 radical (unpaired) electrons. The number of Topliss-reactive ketones (excluding diaryl/α,β-unsaturated/α-hetero) is 1. The van der Waals surface area contributed by atoms with Gasteiger partial charge in [0, 0.05) is 25.4 Å². The summed E-state index contributed by atoms with van der Waals surface area (Å²) in [6.07, 6.45) is 5.56. The molecule has 1 heterocycles. The minimum atomic E-state index is 0.206. The van der Waals surface area contributed by atoms with E-state index in [4.69, 9.17) is 0 Å². The van der Waals surface area contributed by atoms with Crippen LogP contribution in [0.25, 0.3) is 0 Å². The van der Waals surface area contributed by atoms with Gasteiger partial charge in [0.15, 0.2) is 5.82 Å². The van der Waals surface area contributed by atoms with Crippen LogP contribution in [-0.4, -0.2) is 15.3 Å². The number of imidazole rings is 1. The summed E-state index contributed by atoms with van der Waals surface area (Å²) in [6, 6.07) is 0. The van der Waals surface area contributed by atoms with E-state index in [1.165, 1.54) is 0 Å². The Morgan fingerprint density at radius 3 is 2.91 bits per heavy atom. The number of carbonyl (C=O) groups is 1. The van der Waals surface area contributed by atoms with E-state index in [0.29, 0.717) is 5.82 Å². The summed E-state index contributed by atoms with van der Waals surface area (Å²) in [5, 5.41) is 0. The van der Waals surface area contributed by atoms with Crippen molar-refractivity contribution in [3.05, 3.63) is 18.2 Å². The quantitative estimate of drug-likeness (QED) is 0.590. The fourth-order valence-corrected chi connectivity index (χ4v) is 1.13. The molecule has 0 unspecified atom stereocenters. The number of hydrogen-bond donors (Lipinski definition) is 0. The van der Waals surface area contributed by atoms with Gasteiger partial charge in [-0.05, 0) is 12.8 Å². The Labute approximate surface area is 65.1 Å². The molecule has 0 spiro atoms. The number of ketones is 1. The first kappa shape index (κ1) is 6.58. The summed E-state index contributed by atoms with van der Waals surface area (Å²) in [6.45, 7) is 0. The zero-order valence-electron chi connectivity index (χ0n) is 6.45. The van der Waals surface area contributed by atoms with Gasteiger partial charge in [0.1, 0.15) is 0 Å². The molecule has 2 rings (SSSR count). The van der Waals surface area contributed by atoms with Gasteiger partial charge in [0.25, 0.3) is 0 Å². The lowest BCUT2D eigenvalue weighted by Gasteiger charge is -1.96. The van der Waals surface area contributed by atoms with Crippen molar-refractivity contribution in [2.75, 3.05) is 0 Å². The molecule has 1 aromatic rings. The molecule has 3 nitrogen and oxygen atoms in total. The third kappa shape index (κ3) is 1.06. The first-order valence-corrected chi connectivity index (χ1v) is 3.80. The predicted octanol–water partition coefficient (Wildman–Crippen LogP) is 1.01. The Balaban J connectivity index is 2.27. The normalized spacial score (nSPS) is 16.8. The lowest BCUT2D eigenvalue weighted by atomic mass is 10.2. The van der Waals surface area contributed by atoms with Crippen LogP contribution in [0.1, 0.15) is 23.5 Å². The Hall–Kier alpha value is -1.12. The standard InChI is InChI=1S/C8H10N2O/c1-10-5-4-9-8(10)7(11)6-2-3-6/h4-6H,2-3H2,1H3. The van der Waals surface area contributed by atoms with Gasteiger partial charge in [-0.25, -0.2) is 4.98 Å². The molecular weight excluding hydrogens is 140 g/mol. The monoisotopic (exact) mass is 150 g/mol. The first-order valence-electron chi connectivity index (χ1n) is 3.80. The number of rotatable bonds is 2. The van der Waals surface area contributed by atoms with Crippen molar-refractivity contribution in [3.8, 4) is 0 Å². The summed E-state index contributed by atoms with van der Waals surface area (Å²) in [5.74, 6) is 1.08. The molecule has 1 fully saturated rings. The molecule has 0 aromatic carbocycles. The SMILES string of the molecule is Cn1ccnc1C(=O)C1CC1. The molecule has 0 atom stereocenters. The Kier molecular flexibility index (Phi) is 1.31. The molecule has 1 aliphatic rings. The first-order chi connectivity index (χ1) is 5.29. The van der Waals surface area contributed by atoms with Crippen LogP contribution < -0.4 is 0 Å². The molecule has 11 heavy (non-hydrogen) atoms. The largest absolute Gasteiger partial charge is 0.332 e. The van der Waals surface area contributed by atoms with Crippen LogP contribution in [-0.2, 0) is 7.05 Å². The highest BCUT2D eigenvalue weighted by atomic mass is 16.1. The molecule has 3 heteroatoms. The molecule has 0 saturated heterocycles. The number of aryl methyl sites for hydroxylation is 1. The van der Waals surface area contributed by atoms with Crippen LogP contribution in [0.2, 0.25) is 0 Å². The van der Waals surface area contributed by atoms with Crippen LogP contribution in [0.15, 0.2) is 12.4 Å². The van der Waals surface area contributed by atoms with E-state index in [1.54, 1.807) is 17.0 Å². The van der Waals surface area contributed by atoms with E-state index >= 15 is 0 Å². The number of aromatic nitrogens is 2. The summed E-state index contributed by atoms with van der Waals surface area (Å²) < 4.78 is 1.78. The molecule has 58 valence electrons. The van der Waals surface area contributed by atoms with Gasteiger partial charge in [-0.3, -0.25) is 4.79 Å². The fourth-order valence-electron chi connectivity index (χ4n) is 1.13. The zero-order valence-corrected chi connectivity index (χ0v) is 6.45. The third-order valence-corrected chi connectivity index (χ3v) is 1.99. The second-order valence-corrected chi connectivity index (χ2v) is 3.00. The van der Waals surface area contributed by atoms with Crippen LogP contribution in [0.4, 0.5) is 0 Å². The van der Waals surface area contributed by atoms with Crippen LogP contribution in [0.3, 0.4) is 0 Å². The number of nitrogens with zero attached hydrogens (tertiary/aromatic N) is 2. The van der Waals surface area contributed by atoms with E-state index in [9.17, 15) is 4.79 Å². The highest BCUT2D eigenvalue weighted by Crippen LogP contribution is 2.31. The Bertz CT molecular complexity index is 286. The van der Waals surface area contributed by atoms with E-state index in [-0.39, 0.29) is 11.7 Å². The van der Waals surface area contributed by atoms with Crippen molar-refractivity contribution < 1.29 is 4.79 Å². The third-order valence-electron chi connectivity index (χ3n) is 1.99. The molecule has 1 saturated carbocycles. The maximum Gasteiger partial charge on any atom is 0.201 e. The predicted molar refractivity (Wildman–Crippen MR) is 40.3 cm³/mol. The number of carbonyl (C=O) groups excluding carboxylic acids is 1. The van der Waals surface area contributed by atoms with E-state index in [1.807, 2.05) is 7.05 Å². The van der Waals surface area contributed by atoms with Crippen molar-refractivity contribution in [2.45, 2.75) is 12.8 Å². The van der Waals surface area contributed by atoms with E-state index < -0.39 is 0 Å². The Morgan fingerprint density at radius 2 is 2.45 bits per heavy atom. The summed E-state index contributed by atoms with van der Waals surface area (Å²) in [7, 11) is 1.85. The molecule has 1 aromatic heterocycles. The van der Waals surface area contributed by atoms with Gasteiger partial charge < -0.3 is 4.57 Å². The van der Waals surface area contributed by atoms with Gasteiger partial charge in [-0.15, -0.1) is 0 Å². The van der Waals surface area contributed by atoms with Crippen LogP contribution in [0.5, 0.6) is 0 Å². The van der Waals surface area contributed by atoms with Crippen LogP contribution >= 0.6 is 0 Å². The molecule has 0 N–H and O–H groups in total. The zero-order chi connectivity index (χ0) is 7.84. The maximum absolute atomic E-state index is 11.4. The van der Waals surface area contributed by atoms with E-state index in [0.717, 1.165) is 12.8 Å². The average Bonchev–Trinajstić information content (AvgIpc) is 2.74. The van der Waals surface area contributed by atoms with Gasteiger partial charge in [0.05, 0.1) is 0 Å². The average molecular weight is 150 g/mol. The maximum atomic E-state index is 11.4. The highest BCUT2D eigenvalue weighted by Gasteiger charge is 2.32. The van der Waals surface area contributed by atoms with Crippen molar-refractivity contribution in [3.63, 3.8) is 0 Å². The molecule has 0 aliphatic heterocycles.